The molecule has 2 aliphatic rings. The van der Waals surface area contributed by atoms with Gasteiger partial charge in [0.1, 0.15) is 11.6 Å². The number of nitrogen functional groups attached to an aromatic ring is 1. The Hall–Kier alpha value is -0.850. The predicted molar refractivity (Wildman–Crippen MR) is 81.7 cm³/mol. The summed E-state index contributed by atoms with van der Waals surface area (Å²) in [6.07, 6.45) is 4.18. The molecule has 0 aromatic carbocycles. The molecule has 1 spiro atoms. The average molecular weight is 294 g/mol. The molecule has 3 rings (SSSR count). The summed E-state index contributed by atoms with van der Waals surface area (Å²) in [7, 11) is 0. The fourth-order valence-electron chi connectivity index (χ4n) is 2.98. The van der Waals surface area contributed by atoms with Crippen molar-refractivity contribution in [2.24, 2.45) is 0 Å². The molecule has 0 radical (unpaired) electrons. The zero-order valence-electron chi connectivity index (χ0n) is 12.0. The van der Waals surface area contributed by atoms with E-state index in [9.17, 15) is 0 Å². The minimum absolute atomic E-state index is 0.0732. The van der Waals surface area contributed by atoms with Gasteiger partial charge in [-0.3, -0.25) is 4.90 Å². The van der Waals surface area contributed by atoms with Crippen LogP contribution in [0.5, 0.6) is 0 Å². The molecule has 0 unspecified atom stereocenters. The monoisotopic (exact) mass is 294 g/mol. The van der Waals surface area contributed by atoms with E-state index in [1.165, 1.54) is 11.5 Å². The fourth-order valence-corrected chi connectivity index (χ4v) is 4.22. The van der Waals surface area contributed by atoms with Crippen molar-refractivity contribution in [3.05, 3.63) is 17.6 Å². The number of aromatic nitrogens is 2. The van der Waals surface area contributed by atoms with Crippen molar-refractivity contribution in [3.63, 3.8) is 0 Å². The third-order valence-electron chi connectivity index (χ3n) is 4.14. The third-order valence-corrected chi connectivity index (χ3v) is 5.13. The van der Waals surface area contributed by atoms with E-state index >= 15 is 0 Å². The quantitative estimate of drug-likeness (QED) is 0.891. The second kappa shape index (κ2) is 5.87. The lowest BCUT2D eigenvalue weighted by atomic mass is 9.94. The van der Waals surface area contributed by atoms with Crippen molar-refractivity contribution in [3.8, 4) is 0 Å². The zero-order valence-corrected chi connectivity index (χ0v) is 12.8. The van der Waals surface area contributed by atoms with Gasteiger partial charge in [0.15, 0.2) is 0 Å². The second-order valence-electron chi connectivity index (χ2n) is 5.68. The maximum absolute atomic E-state index is 6.11. The van der Waals surface area contributed by atoms with E-state index < -0.39 is 0 Å². The molecule has 20 heavy (non-hydrogen) atoms. The maximum Gasteiger partial charge on any atom is 0.131 e. The summed E-state index contributed by atoms with van der Waals surface area (Å²) >= 11 is 2.03. The van der Waals surface area contributed by atoms with Crippen LogP contribution < -0.4 is 5.73 Å². The largest absolute Gasteiger partial charge is 0.383 e. The normalized spacial score (nSPS) is 23.1. The van der Waals surface area contributed by atoms with Gasteiger partial charge in [0.2, 0.25) is 0 Å². The van der Waals surface area contributed by atoms with E-state index in [2.05, 4.69) is 14.9 Å². The van der Waals surface area contributed by atoms with Crippen molar-refractivity contribution in [2.75, 3.05) is 36.9 Å². The lowest BCUT2D eigenvalue weighted by Gasteiger charge is -2.44. The Balaban J connectivity index is 1.68. The number of hydrogen-bond acceptors (Lipinski definition) is 6. The first kappa shape index (κ1) is 14.1. The van der Waals surface area contributed by atoms with Gasteiger partial charge < -0.3 is 10.5 Å². The van der Waals surface area contributed by atoms with Crippen LogP contribution in [-0.2, 0) is 11.3 Å². The third kappa shape index (κ3) is 3.07. The predicted octanol–water partition coefficient (Wildman–Crippen LogP) is 1.47. The van der Waals surface area contributed by atoms with Gasteiger partial charge in [-0.15, -0.1) is 0 Å². The first-order valence-corrected chi connectivity index (χ1v) is 8.34. The first-order valence-electron chi connectivity index (χ1n) is 7.19. The lowest BCUT2D eigenvalue weighted by molar-refractivity contribution is -0.115. The van der Waals surface area contributed by atoms with Gasteiger partial charge in [-0.2, -0.15) is 11.8 Å². The summed E-state index contributed by atoms with van der Waals surface area (Å²) in [4.78, 5) is 10.9. The smallest absolute Gasteiger partial charge is 0.131 e. The Labute approximate surface area is 124 Å². The number of anilines is 1. The summed E-state index contributed by atoms with van der Waals surface area (Å²) in [6.45, 7) is 5.47. The number of nitrogens with zero attached hydrogens (tertiary/aromatic N) is 3. The highest BCUT2D eigenvalue weighted by Gasteiger charge is 2.37. The molecule has 5 nitrogen and oxygen atoms in total. The molecule has 3 heterocycles. The Morgan fingerprint density at radius 3 is 3.00 bits per heavy atom. The van der Waals surface area contributed by atoms with Gasteiger partial charge >= 0.3 is 0 Å². The average Bonchev–Trinajstić information content (AvgIpc) is 2.43. The van der Waals surface area contributed by atoms with Gasteiger partial charge in [0.05, 0.1) is 12.2 Å². The molecule has 2 N–H and O–H groups in total. The number of aryl methyl sites for hydroxylation is 1. The number of nitrogens with two attached hydrogens (primary N) is 1. The highest BCUT2D eigenvalue weighted by atomic mass is 32.2. The molecule has 0 aliphatic carbocycles. The van der Waals surface area contributed by atoms with Crippen LogP contribution in [0.4, 0.5) is 5.82 Å². The van der Waals surface area contributed by atoms with E-state index in [4.69, 9.17) is 10.5 Å². The summed E-state index contributed by atoms with van der Waals surface area (Å²) < 4.78 is 6.11. The molecule has 0 atom stereocenters. The van der Waals surface area contributed by atoms with Gasteiger partial charge in [0.25, 0.3) is 0 Å². The zero-order chi connectivity index (χ0) is 14.0. The molecule has 0 saturated carbocycles. The highest BCUT2D eigenvalue weighted by Crippen LogP contribution is 2.33. The van der Waals surface area contributed by atoms with E-state index in [0.717, 1.165) is 50.5 Å². The van der Waals surface area contributed by atoms with Crippen molar-refractivity contribution >= 4 is 17.6 Å². The molecule has 2 fully saturated rings. The van der Waals surface area contributed by atoms with Crippen LogP contribution in [0.1, 0.15) is 24.2 Å². The van der Waals surface area contributed by atoms with Gasteiger partial charge in [0, 0.05) is 31.4 Å². The Morgan fingerprint density at radius 2 is 2.25 bits per heavy atom. The van der Waals surface area contributed by atoms with E-state index in [-0.39, 0.29) is 5.60 Å². The number of thioether (sulfide) groups is 1. The molecule has 110 valence electrons. The highest BCUT2D eigenvalue weighted by molar-refractivity contribution is 7.99. The van der Waals surface area contributed by atoms with Gasteiger partial charge in [-0.05, 0) is 31.3 Å². The summed E-state index contributed by atoms with van der Waals surface area (Å²) in [5.41, 5.74) is 7.10. The standard InChI is InChI=1S/C14H22N4OS/c1-11-16-8-12(13(15)17-11)9-18-4-5-19-14(10-18)2-6-20-7-3-14/h8H,2-7,9-10H2,1H3,(H2,15,16,17). The summed E-state index contributed by atoms with van der Waals surface area (Å²) in [5, 5.41) is 0. The van der Waals surface area contributed by atoms with Crippen LogP contribution in [0.15, 0.2) is 6.20 Å². The van der Waals surface area contributed by atoms with Crippen LogP contribution in [0.2, 0.25) is 0 Å². The number of rotatable bonds is 2. The van der Waals surface area contributed by atoms with Crippen LogP contribution in [-0.4, -0.2) is 51.7 Å². The number of ether oxygens (including phenoxy) is 1. The van der Waals surface area contributed by atoms with Crippen molar-refractivity contribution in [1.82, 2.24) is 14.9 Å². The second-order valence-corrected chi connectivity index (χ2v) is 6.91. The molecular weight excluding hydrogens is 272 g/mol. The molecule has 1 aromatic heterocycles. The molecule has 0 bridgehead atoms. The maximum atomic E-state index is 6.11. The summed E-state index contributed by atoms with van der Waals surface area (Å²) in [6, 6.07) is 0. The van der Waals surface area contributed by atoms with Crippen LogP contribution in [0.3, 0.4) is 0 Å². The van der Waals surface area contributed by atoms with Crippen LogP contribution in [0.25, 0.3) is 0 Å². The van der Waals surface area contributed by atoms with Crippen LogP contribution in [0, 0.1) is 6.92 Å². The van der Waals surface area contributed by atoms with Gasteiger partial charge in [-0.1, -0.05) is 0 Å². The van der Waals surface area contributed by atoms with Crippen molar-refractivity contribution in [1.29, 1.82) is 0 Å². The minimum Gasteiger partial charge on any atom is -0.383 e. The molecule has 0 amide bonds. The molecule has 1 aromatic rings. The topological polar surface area (TPSA) is 64.3 Å². The summed E-state index contributed by atoms with van der Waals surface area (Å²) in [5.74, 6) is 3.76. The number of hydrogen-bond donors (Lipinski definition) is 1. The van der Waals surface area contributed by atoms with Crippen molar-refractivity contribution < 1.29 is 4.74 Å². The van der Waals surface area contributed by atoms with Gasteiger partial charge in [-0.25, -0.2) is 9.97 Å². The lowest BCUT2D eigenvalue weighted by Crippen LogP contribution is -2.53. The Morgan fingerprint density at radius 1 is 1.45 bits per heavy atom. The van der Waals surface area contributed by atoms with Crippen molar-refractivity contribution in [2.45, 2.75) is 31.9 Å². The van der Waals surface area contributed by atoms with Crippen LogP contribution >= 0.6 is 11.8 Å². The Kier molecular flexibility index (Phi) is 4.14. The molecule has 6 heteroatoms. The first-order chi connectivity index (χ1) is 9.67. The number of morpholine rings is 1. The minimum atomic E-state index is 0.0732. The Bertz CT molecular complexity index is 471. The molecule has 2 saturated heterocycles. The fraction of sp³-hybridized carbons (Fsp3) is 0.714. The van der Waals surface area contributed by atoms with E-state index in [0.29, 0.717) is 5.82 Å². The SMILES string of the molecule is Cc1ncc(CN2CCOC3(CCSCC3)C2)c(N)n1. The molecular formula is C14H22N4OS. The molecule has 2 aliphatic heterocycles. The van der Waals surface area contributed by atoms with E-state index in [1.54, 1.807) is 0 Å². The van der Waals surface area contributed by atoms with E-state index in [1.807, 2.05) is 24.9 Å².